The third kappa shape index (κ3) is 2.95. The summed E-state index contributed by atoms with van der Waals surface area (Å²) in [5.41, 5.74) is 2.97. The molecule has 2 amide bonds. The van der Waals surface area contributed by atoms with Gasteiger partial charge in [-0.05, 0) is 29.3 Å². The van der Waals surface area contributed by atoms with Crippen molar-refractivity contribution in [2.24, 2.45) is 0 Å². The van der Waals surface area contributed by atoms with Crippen LogP contribution in [0.5, 0.6) is 0 Å². The first kappa shape index (κ1) is 16.0. The number of nitrogens with zero attached hydrogens (tertiary/aromatic N) is 2. The van der Waals surface area contributed by atoms with Crippen LogP contribution < -0.4 is 5.32 Å². The first-order valence-electron chi connectivity index (χ1n) is 8.39. The molecule has 0 spiro atoms. The highest BCUT2D eigenvalue weighted by Crippen LogP contribution is 2.32. The van der Waals surface area contributed by atoms with Crippen LogP contribution in [0.25, 0.3) is 0 Å². The Morgan fingerprint density at radius 3 is 2.50 bits per heavy atom. The van der Waals surface area contributed by atoms with Gasteiger partial charge in [-0.25, -0.2) is 0 Å². The second-order valence-electron chi connectivity index (χ2n) is 6.13. The minimum Gasteiger partial charge on any atom is -0.323 e. The van der Waals surface area contributed by atoms with Gasteiger partial charge in [0.15, 0.2) is 0 Å². The number of amides is 2. The Morgan fingerprint density at radius 2 is 1.77 bits per heavy atom. The van der Waals surface area contributed by atoms with Gasteiger partial charge in [-0.2, -0.15) is 0 Å². The zero-order valence-electron chi connectivity index (χ0n) is 14.0. The summed E-state index contributed by atoms with van der Waals surface area (Å²) in [6.45, 7) is 0.412. The molecular weight excluding hydrogens is 326 g/mol. The first-order valence-corrected chi connectivity index (χ1v) is 8.39. The van der Waals surface area contributed by atoms with Gasteiger partial charge >= 0.3 is 0 Å². The Balaban J connectivity index is 1.69. The van der Waals surface area contributed by atoms with E-state index in [0.29, 0.717) is 17.8 Å². The fraction of sp³-hybridized carbons (Fsp3) is 0.0952. The monoisotopic (exact) mass is 343 g/mol. The van der Waals surface area contributed by atoms with Gasteiger partial charge in [0.25, 0.3) is 11.8 Å². The Hall–Kier alpha value is -3.47. The van der Waals surface area contributed by atoms with E-state index >= 15 is 0 Å². The predicted molar refractivity (Wildman–Crippen MR) is 98.4 cm³/mol. The van der Waals surface area contributed by atoms with Crippen molar-refractivity contribution in [1.82, 2.24) is 9.88 Å². The lowest BCUT2D eigenvalue weighted by Gasteiger charge is -2.27. The van der Waals surface area contributed by atoms with E-state index in [4.69, 9.17) is 0 Å². The van der Waals surface area contributed by atoms with E-state index in [-0.39, 0.29) is 11.8 Å². The van der Waals surface area contributed by atoms with Gasteiger partial charge in [0, 0.05) is 18.3 Å². The molecule has 1 aliphatic rings. The average molecular weight is 343 g/mol. The molecule has 1 N–H and O–H groups in total. The summed E-state index contributed by atoms with van der Waals surface area (Å²) in [6, 6.07) is 19.6. The number of hydrogen-bond donors (Lipinski definition) is 1. The van der Waals surface area contributed by atoms with E-state index in [1.807, 2.05) is 48.5 Å². The Morgan fingerprint density at radius 1 is 1.00 bits per heavy atom. The summed E-state index contributed by atoms with van der Waals surface area (Å²) in [7, 11) is 0. The number of carbonyl (C=O) groups excluding carboxylic acids is 2. The number of fused-ring (bicyclic) bond motifs is 1. The molecule has 1 aromatic heterocycles. The number of carbonyl (C=O) groups is 2. The fourth-order valence-corrected chi connectivity index (χ4v) is 3.24. The molecule has 0 bridgehead atoms. The molecule has 0 saturated heterocycles. The summed E-state index contributed by atoms with van der Waals surface area (Å²) >= 11 is 0. The van der Waals surface area contributed by atoms with Crippen LogP contribution in [0.2, 0.25) is 0 Å². The van der Waals surface area contributed by atoms with Gasteiger partial charge in [-0.1, -0.05) is 48.5 Å². The number of anilines is 1. The molecule has 5 heteroatoms. The smallest absolute Gasteiger partial charge is 0.255 e. The number of hydrogen-bond acceptors (Lipinski definition) is 3. The average Bonchev–Trinajstić information content (AvgIpc) is 3.00. The highest BCUT2D eigenvalue weighted by atomic mass is 16.2. The minimum atomic E-state index is -0.712. The topological polar surface area (TPSA) is 62.3 Å². The van der Waals surface area contributed by atoms with E-state index in [2.05, 4.69) is 10.3 Å². The predicted octanol–water partition coefficient (Wildman–Crippen LogP) is 3.42. The van der Waals surface area contributed by atoms with Crippen LogP contribution in [-0.2, 0) is 11.3 Å². The van der Waals surface area contributed by atoms with Crippen LogP contribution in [-0.4, -0.2) is 21.7 Å². The van der Waals surface area contributed by atoms with E-state index < -0.39 is 6.04 Å². The fourth-order valence-electron chi connectivity index (χ4n) is 3.24. The molecule has 0 unspecified atom stereocenters. The first-order chi connectivity index (χ1) is 12.7. The number of aromatic nitrogens is 1. The van der Waals surface area contributed by atoms with Gasteiger partial charge in [0.1, 0.15) is 6.04 Å². The molecule has 128 valence electrons. The van der Waals surface area contributed by atoms with E-state index in [1.54, 1.807) is 35.5 Å². The summed E-state index contributed by atoms with van der Waals surface area (Å²) in [5.74, 6) is -0.388. The summed E-state index contributed by atoms with van der Waals surface area (Å²) < 4.78 is 0. The Kier molecular flexibility index (Phi) is 4.19. The van der Waals surface area contributed by atoms with Crippen molar-refractivity contribution in [3.8, 4) is 0 Å². The number of pyridine rings is 1. The number of benzene rings is 2. The maximum atomic E-state index is 13.1. The lowest BCUT2D eigenvalue weighted by Crippen LogP contribution is -2.37. The van der Waals surface area contributed by atoms with Gasteiger partial charge < -0.3 is 10.2 Å². The highest BCUT2D eigenvalue weighted by molar-refractivity contribution is 6.03. The lowest BCUT2D eigenvalue weighted by molar-refractivity contribution is -0.120. The number of nitrogens with one attached hydrogen (secondary N) is 1. The molecule has 1 atom stereocenters. The van der Waals surface area contributed by atoms with Crippen molar-refractivity contribution in [3.05, 3.63) is 95.8 Å². The lowest BCUT2D eigenvalue weighted by atomic mass is 10.0. The van der Waals surface area contributed by atoms with E-state index in [0.717, 1.165) is 11.1 Å². The van der Waals surface area contributed by atoms with Crippen LogP contribution in [0, 0.1) is 0 Å². The van der Waals surface area contributed by atoms with Crippen molar-refractivity contribution < 1.29 is 9.59 Å². The van der Waals surface area contributed by atoms with Crippen LogP contribution >= 0.6 is 0 Å². The highest BCUT2D eigenvalue weighted by Gasteiger charge is 2.37. The zero-order chi connectivity index (χ0) is 17.9. The van der Waals surface area contributed by atoms with Gasteiger partial charge in [0.05, 0.1) is 11.9 Å². The second kappa shape index (κ2) is 6.80. The quantitative estimate of drug-likeness (QED) is 0.789. The van der Waals surface area contributed by atoms with E-state index in [9.17, 15) is 9.59 Å². The summed E-state index contributed by atoms with van der Waals surface area (Å²) in [4.78, 5) is 31.6. The molecule has 5 nitrogen and oxygen atoms in total. The molecular formula is C21H17N3O2. The van der Waals surface area contributed by atoms with Gasteiger partial charge in [-0.3, -0.25) is 14.6 Å². The van der Waals surface area contributed by atoms with Gasteiger partial charge in [0.2, 0.25) is 0 Å². The Labute approximate surface area is 151 Å². The van der Waals surface area contributed by atoms with Crippen LogP contribution in [0.1, 0.15) is 27.5 Å². The summed E-state index contributed by atoms with van der Waals surface area (Å²) in [5, 5.41) is 2.87. The molecule has 0 aliphatic carbocycles. The normalized spacial score (nSPS) is 14.0. The third-order valence-electron chi connectivity index (χ3n) is 4.45. The van der Waals surface area contributed by atoms with Crippen LogP contribution in [0.4, 0.5) is 5.69 Å². The molecule has 1 aliphatic heterocycles. The molecule has 3 aromatic rings. The molecule has 2 aromatic carbocycles. The van der Waals surface area contributed by atoms with E-state index in [1.165, 1.54) is 0 Å². The maximum absolute atomic E-state index is 13.1. The van der Waals surface area contributed by atoms with Crippen LogP contribution in [0.3, 0.4) is 0 Å². The minimum absolute atomic E-state index is 0.129. The molecule has 0 saturated carbocycles. The molecule has 0 radical (unpaired) electrons. The van der Waals surface area contributed by atoms with Crippen molar-refractivity contribution in [2.45, 2.75) is 12.6 Å². The molecule has 2 heterocycles. The van der Waals surface area contributed by atoms with Gasteiger partial charge in [-0.15, -0.1) is 0 Å². The largest absolute Gasteiger partial charge is 0.323 e. The SMILES string of the molecule is O=C(Nc1cccnc1)[C@@H](c1ccccc1)N1Cc2ccccc2C1=O. The number of rotatable bonds is 4. The molecule has 0 fully saturated rings. The zero-order valence-corrected chi connectivity index (χ0v) is 14.0. The second-order valence-corrected chi connectivity index (χ2v) is 6.13. The molecule has 26 heavy (non-hydrogen) atoms. The van der Waals surface area contributed by atoms with Crippen molar-refractivity contribution in [2.75, 3.05) is 5.32 Å². The van der Waals surface area contributed by atoms with Crippen molar-refractivity contribution in [1.29, 1.82) is 0 Å². The van der Waals surface area contributed by atoms with Crippen molar-refractivity contribution >= 4 is 17.5 Å². The Bertz CT molecular complexity index is 942. The van der Waals surface area contributed by atoms with Crippen LogP contribution in [0.15, 0.2) is 79.1 Å². The standard InChI is InChI=1S/C21H17N3O2/c25-20(23-17-10-6-12-22-13-17)19(15-7-2-1-3-8-15)24-14-16-9-4-5-11-18(16)21(24)26/h1-13,19H,14H2,(H,23,25)/t19-/m1/s1. The molecule has 4 rings (SSSR count). The summed E-state index contributed by atoms with van der Waals surface area (Å²) in [6.07, 6.45) is 3.23. The van der Waals surface area contributed by atoms with Crippen molar-refractivity contribution in [3.63, 3.8) is 0 Å². The third-order valence-corrected chi connectivity index (χ3v) is 4.45. The maximum Gasteiger partial charge on any atom is 0.255 e.